The minimum Gasteiger partial charge on any atom is -0.463 e. The third-order valence-electron chi connectivity index (χ3n) is 4.85. The minimum atomic E-state index is 0.469. The van der Waals surface area contributed by atoms with Crippen LogP contribution in [0.1, 0.15) is 48.7 Å². The van der Waals surface area contributed by atoms with Crippen LogP contribution in [0.15, 0.2) is 18.5 Å². The van der Waals surface area contributed by atoms with Crippen LogP contribution in [0.4, 0.5) is 5.82 Å². The first-order chi connectivity index (χ1) is 12.2. The Morgan fingerprint density at radius 3 is 2.68 bits per heavy atom. The maximum absolute atomic E-state index is 5.80. The minimum absolute atomic E-state index is 0.469. The van der Waals surface area contributed by atoms with E-state index in [9.17, 15) is 0 Å². The Balaban J connectivity index is 1.39. The second-order valence-electron chi connectivity index (χ2n) is 7.31. The fourth-order valence-corrected chi connectivity index (χ4v) is 3.32. The molecule has 2 aromatic heterocycles. The molecular formula is C19H25N5O. The molecule has 3 heterocycles. The van der Waals surface area contributed by atoms with Gasteiger partial charge in [-0.25, -0.2) is 19.9 Å². The number of aryl methyl sites for hydroxylation is 2. The average molecular weight is 339 g/mol. The van der Waals surface area contributed by atoms with Crippen molar-refractivity contribution in [3.05, 3.63) is 35.5 Å². The monoisotopic (exact) mass is 339 g/mol. The predicted octanol–water partition coefficient (Wildman–Crippen LogP) is 3.06. The Kier molecular flexibility index (Phi) is 4.51. The second-order valence-corrected chi connectivity index (χ2v) is 7.31. The highest BCUT2D eigenvalue weighted by atomic mass is 16.5. The summed E-state index contributed by atoms with van der Waals surface area (Å²) in [6, 6.07) is 2.58. The van der Waals surface area contributed by atoms with Gasteiger partial charge in [0.1, 0.15) is 11.6 Å². The van der Waals surface area contributed by atoms with E-state index in [-0.39, 0.29) is 0 Å². The maximum Gasteiger partial charge on any atom is 0.316 e. The summed E-state index contributed by atoms with van der Waals surface area (Å²) >= 11 is 0. The summed E-state index contributed by atoms with van der Waals surface area (Å²) in [5.41, 5.74) is 2.11. The fraction of sp³-hybridized carbons (Fsp3) is 0.579. The lowest BCUT2D eigenvalue weighted by molar-refractivity contribution is 0.213. The van der Waals surface area contributed by atoms with E-state index < -0.39 is 0 Å². The summed E-state index contributed by atoms with van der Waals surface area (Å²) in [7, 11) is 0. The largest absolute Gasteiger partial charge is 0.463 e. The first kappa shape index (κ1) is 16.2. The molecule has 0 amide bonds. The Labute approximate surface area is 148 Å². The topological polar surface area (TPSA) is 64.0 Å². The third-order valence-corrected chi connectivity index (χ3v) is 4.85. The maximum atomic E-state index is 5.80. The van der Waals surface area contributed by atoms with Crippen molar-refractivity contribution < 1.29 is 4.74 Å². The summed E-state index contributed by atoms with van der Waals surface area (Å²) in [4.78, 5) is 20.3. The standard InChI is InChI=1S/C19H25N5O/c1-13-9-20-19(21-10-13)25-12-15-4-3-7-24(11-15)17-8-14(2)22-18(23-17)16-5-6-16/h8-10,15-16H,3-7,11-12H2,1-2H3. The van der Waals surface area contributed by atoms with Crippen molar-refractivity contribution in [2.24, 2.45) is 5.92 Å². The van der Waals surface area contributed by atoms with Gasteiger partial charge in [-0.3, -0.25) is 0 Å². The molecule has 6 heteroatoms. The number of aromatic nitrogens is 4. The Morgan fingerprint density at radius 2 is 1.92 bits per heavy atom. The molecule has 6 nitrogen and oxygen atoms in total. The van der Waals surface area contributed by atoms with Crippen molar-refractivity contribution >= 4 is 5.82 Å². The normalized spacial score (nSPS) is 20.6. The van der Waals surface area contributed by atoms with Crippen LogP contribution in [0.5, 0.6) is 6.01 Å². The Hall–Kier alpha value is -2.24. The highest BCUT2D eigenvalue weighted by molar-refractivity contribution is 5.41. The summed E-state index contributed by atoms with van der Waals surface area (Å²) in [5, 5.41) is 0. The van der Waals surface area contributed by atoms with Gasteiger partial charge in [-0.1, -0.05) is 0 Å². The zero-order valence-electron chi connectivity index (χ0n) is 15.0. The summed E-state index contributed by atoms with van der Waals surface area (Å²) in [6.07, 6.45) is 8.37. The molecule has 1 saturated heterocycles. The van der Waals surface area contributed by atoms with E-state index in [2.05, 4.69) is 32.8 Å². The van der Waals surface area contributed by atoms with Crippen LogP contribution in [0.25, 0.3) is 0 Å². The molecule has 0 N–H and O–H groups in total. The molecule has 2 aliphatic rings. The van der Waals surface area contributed by atoms with Gasteiger partial charge >= 0.3 is 6.01 Å². The second kappa shape index (κ2) is 6.94. The molecule has 132 valence electrons. The van der Waals surface area contributed by atoms with E-state index in [0.29, 0.717) is 24.5 Å². The number of hydrogen-bond donors (Lipinski definition) is 0. The molecule has 1 unspecified atom stereocenters. The molecule has 1 atom stereocenters. The summed E-state index contributed by atoms with van der Waals surface area (Å²) in [6.45, 7) is 6.71. The molecule has 4 rings (SSSR count). The van der Waals surface area contributed by atoms with E-state index in [1.165, 1.54) is 19.3 Å². The van der Waals surface area contributed by atoms with Crippen molar-refractivity contribution in [2.75, 3.05) is 24.6 Å². The zero-order chi connectivity index (χ0) is 17.2. The van der Waals surface area contributed by atoms with Gasteiger partial charge in [0.2, 0.25) is 0 Å². The van der Waals surface area contributed by atoms with Gasteiger partial charge in [0.25, 0.3) is 0 Å². The van der Waals surface area contributed by atoms with Crippen LogP contribution >= 0.6 is 0 Å². The van der Waals surface area contributed by atoms with E-state index in [0.717, 1.165) is 42.4 Å². The van der Waals surface area contributed by atoms with Crippen LogP contribution in [-0.4, -0.2) is 39.6 Å². The van der Waals surface area contributed by atoms with Gasteiger partial charge in [-0.05, 0) is 45.1 Å². The van der Waals surface area contributed by atoms with Gasteiger partial charge in [-0.15, -0.1) is 0 Å². The van der Waals surface area contributed by atoms with Crippen LogP contribution < -0.4 is 9.64 Å². The number of ether oxygens (including phenoxy) is 1. The molecule has 2 aromatic rings. The predicted molar refractivity (Wildman–Crippen MR) is 95.9 cm³/mol. The molecule has 0 spiro atoms. The van der Waals surface area contributed by atoms with E-state index in [4.69, 9.17) is 9.72 Å². The molecule has 0 aromatic carbocycles. The molecule has 2 fully saturated rings. The highest BCUT2D eigenvalue weighted by Crippen LogP contribution is 2.38. The fourth-order valence-electron chi connectivity index (χ4n) is 3.32. The van der Waals surface area contributed by atoms with Crippen LogP contribution in [0.2, 0.25) is 0 Å². The first-order valence-electron chi connectivity index (χ1n) is 9.19. The summed E-state index contributed by atoms with van der Waals surface area (Å²) < 4.78 is 5.80. The zero-order valence-corrected chi connectivity index (χ0v) is 15.0. The van der Waals surface area contributed by atoms with E-state index in [1.807, 2.05) is 6.92 Å². The van der Waals surface area contributed by atoms with E-state index >= 15 is 0 Å². The van der Waals surface area contributed by atoms with Crippen molar-refractivity contribution in [3.8, 4) is 6.01 Å². The molecule has 0 radical (unpaired) electrons. The lowest BCUT2D eigenvalue weighted by Crippen LogP contribution is -2.38. The smallest absolute Gasteiger partial charge is 0.316 e. The lowest BCUT2D eigenvalue weighted by Gasteiger charge is -2.33. The van der Waals surface area contributed by atoms with Gasteiger partial charge in [0, 0.05) is 49.1 Å². The van der Waals surface area contributed by atoms with Gasteiger partial charge < -0.3 is 9.64 Å². The third kappa shape index (κ3) is 4.06. The van der Waals surface area contributed by atoms with Crippen molar-refractivity contribution in [2.45, 2.75) is 45.4 Å². The molecule has 0 bridgehead atoms. The number of piperidine rings is 1. The Bertz CT molecular complexity index is 729. The van der Waals surface area contributed by atoms with Crippen LogP contribution in [0, 0.1) is 19.8 Å². The van der Waals surface area contributed by atoms with Crippen LogP contribution in [0.3, 0.4) is 0 Å². The molecule has 1 aliphatic heterocycles. The molecule has 25 heavy (non-hydrogen) atoms. The van der Waals surface area contributed by atoms with Gasteiger partial charge in [-0.2, -0.15) is 0 Å². The lowest BCUT2D eigenvalue weighted by atomic mass is 9.99. The van der Waals surface area contributed by atoms with Gasteiger partial charge in [0.05, 0.1) is 6.61 Å². The van der Waals surface area contributed by atoms with E-state index in [1.54, 1.807) is 12.4 Å². The summed E-state index contributed by atoms with van der Waals surface area (Å²) in [5.74, 6) is 3.16. The number of hydrogen-bond acceptors (Lipinski definition) is 6. The number of rotatable bonds is 5. The van der Waals surface area contributed by atoms with Crippen molar-refractivity contribution in [1.29, 1.82) is 0 Å². The molecule has 1 aliphatic carbocycles. The number of anilines is 1. The van der Waals surface area contributed by atoms with Crippen molar-refractivity contribution in [3.63, 3.8) is 0 Å². The number of nitrogens with zero attached hydrogens (tertiary/aromatic N) is 5. The van der Waals surface area contributed by atoms with Gasteiger partial charge in [0.15, 0.2) is 0 Å². The molecular weight excluding hydrogens is 314 g/mol. The Morgan fingerprint density at radius 1 is 1.12 bits per heavy atom. The van der Waals surface area contributed by atoms with Crippen LogP contribution in [-0.2, 0) is 0 Å². The average Bonchev–Trinajstić information content (AvgIpc) is 3.46. The SMILES string of the molecule is Cc1cnc(OCC2CCCN(c3cc(C)nc(C4CC4)n3)C2)nc1. The molecule has 1 saturated carbocycles. The highest BCUT2D eigenvalue weighted by Gasteiger charge is 2.28. The quantitative estimate of drug-likeness (QED) is 0.834. The first-order valence-corrected chi connectivity index (χ1v) is 9.19. The van der Waals surface area contributed by atoms with Crippen molar-refractivity contribution in [1.82, 2.24) is 19.9 Å².